The van der Waals surface area contributed by atoms with Crippen molar-refractivity contribution in [3.63, 3.8) is 0 Å². The third kappa shape index (κ3) is 4.28. The summed E-state index contributed by atoms with van der Waals surface area (Å²) in [7, 11) is 0. The number of nitrogens with one attached hydrogen (secondary N) is 1. The van der Waals surface area contributed by atoms with E-state index in [0.29, 0.717) is 41.4 Å². The molecular weight excluding hydrogens is 414 g/mol. The molecule has 0 spiro atoms. The maximum atomic E-state index is 13.2. The maximum absolute atomic E-state index is 13.2. The minimum atomic E-state index is -0.273. The third-order valence-electron chi connectivity index (χ3n) is 5.73. The molecule has 164 valence electrons. The van der Waals surface area contributed by atoms with E-state index in [0.717, 1.165) is 17.7 Å². The number of aryl methyl sites for hydroxylation is 1. The van der Waals surface area contributed by atoms with Gasteiger partial charge in [-0.1, -0.05) is 48.0 Å². The summed E-state index contributed by atoms with van der Waals surface area (Å²) in [6, 6.07) is 22.6. The molecule has 3 aromatic carbocycles. The Kier molecular flexibility index (Phi) is 5.48. The standard InChI is InChI=1S/C27H23N3O3/c1-18-11-13-19(14-12-18)24-17-28-27(33-24)23-9-3-2-8-22(23)26(32)29-20-6-4-7-21(16-20)30-15-5-10-25(30)31/h2-4,6-9,11-14,16-17H,5,10,15H2,1H3,(H,29,32). The number of aromatic nitrogens is 1. The van der Waals surface area contributed by atoms with Gasteiger partial charge in [-0.05, 0) is 43.7 Å². The molecule has 0 aliphatic carbocycles. The van der Waals surface area contributed by atoms with Gasteiger partial charge in [0.2, 0.25) is 11.8 Å². The van der Waals surface area contributed by atoms with Gasteiger partial charge in [-0.15, -0.1) is 0 Å². The van der Waals surface area contributed by atoms with Gasteiger partial charge in [0.1, 0.15) is 0 Å². The lowest BCUT2D eigenvalue weighted by atomic mass is 10.1. The topological polar surface area (TPSA) is 75.4 Å². The predicted molar refractivity (Wildman–Crippen MR) is 128 cm³/mol. The highest BCUT2D eigenvalue weighted by molar-refractivity contribution is 6.08. The van der Waals surface area contributed by atoms with Gasteiger partial charge in [0.15, 0.2) is 5.76 Å². The molecule has 2 heterocycles. The van der Waals surface area contributed by atoms with E-state index >= 15 is 0 Å². The number of anilines is 2. The Morgan fingerprint density at radius 2 is 1.85 bits per heavy atom. The van der Waals surface area contributed by atoms with E-state index in [1.54, 1.807) is 17.2 Å². The van der Waals surface area contributed by atoms with Crippen LogP contribution in [0.25, 0.3) is 22.8 Å². The average molecular weight is 437 g/mol. The molecule has 0 saturated carbocycles. The first kappa shape index (κ1) is 20.7. The summed E-state index contributed by atoms with van der Waals surface area (Å²) in [5.74, 6) is 0.860. The van der Waals surface area contributed by atoms with E-state index in [-0.39, 0.29) is 11.8 Å². The number of amides is 2. The quantitative estimate of drug-likeness (QED) is 0.435. The van der Waals surface area contributed by atoms with Crippen LogP contribution < -0.4 is 10.2 Å². The van der Waals surface area contributed by atoms with Crippen molar-refractivity contribution in [3.8, 4) is 22.8 Å². The summed E-state index contributed by atoms with van der Waals surface area (Å²) < 4.78 is 6.00. The van der Waals surface area contributed by atoms with Crippen LogP contribution in [0.2, 0.25) is 0 Å². The molecule has 1 N–H and O–H groups in total. The zero-order valence-electron chi connectivity index (χ0n) is 18.2. The molecule has 2 amide bonds. The fraction of sp³-hybridized carbons (Fsp3) is 0.148. The van der Waals surface area contributed by atoms with Crippen molar-refractivity contribution >= 4 is 23.2 Å². The second kappa shape index (κ2) is 8.74. The van der Waals surface area contributed by atoms with E-state index in [1.807, 2.05) is 73.7 Å². The van der Waals surface area contributed by atoms with Gasteiger partial charge in [-0.2, -0.15) is 0 Å². The first-order valence-electron chi connectivity index (χ1n) is 10.9. The van der Waals surface area contributed by atoms with Crippen LogP contribution in [0.3, 0.4) is 0 Å². The van der Waals surface area contributed by atoms with Crippen LogP contribution in [0.5, 0.6) is 0 Å². The lowest BCUT2D eigenvalue weighted by Crippen LogP contribution is -2.23. The van der Waals surface area contributed by atoms with Crippen LogP contribution in [0.15, 0.2) is 83.4 Å². The molecule has 6 nitrogen and oxygen atoms in total. The number of nitrogens with zero attached hydrogens (tertiary/aromatic N) is 2. The Bertz CT molecular complexity index is 1320. The Labute approximate surface area is 191 Å². The normalized spacial score (nSPS) is 13.4. The minimum Gasteiger partial charge on any atom is -0.436 e. The van der Waals surface area contributed by atoms with E-state index in [9.17, 15) is 9.59 Å². The Hall–Kier alpha value is -4.19. The first-order valence-corrected chi connectivity index (χ1v) is 10.9. The molecule has 6 heteroatoms. The Morgan fingerprint density at radius 3 is 2.64 bits per heavy atom. The fourth-order valence-corrected chi connectivity index (χ4v) is 3.99. The highest BCUT2D eigenvalue weighted by atomic mass is 16.4. The summed E-state index contributed by atoms with van der Waals surface area (Å²) in [4.78, 5) is 31.4. The Balaban J connectivity index is 1.40. The average Bonchev–Trinajstić information content (AvgIpc) is 3.49. The second-order valence-electron chi connectivity index (χ2n) is 8.09. The number of hydrogen-bond donors (Lipinski definition) is 1. The van der Waals surface area contributed by atoms with E-state index in [2.05, 4.69) is 10.3 Å². The minimum absolute atomic E-state index is 0.108. The second-order valence-corrected chi connectivity index (χ2v) is 8.09. The smallest absolute Gasteiger partial charge is 0.256 e. The zero-order chi connectivity index (χ0) is 22.8. The van der Waals surface area contributed by atoms with Gasteiger partial charge in [0.25, 0.3) is 5.91 Å². The molecule has 1 aromatic heterocycles. The van der Waals surface area contributed by atoms with Crippen molar-refractivity contribution in [2.75, 3.05) is 16.8 Å². The van der Waals surface area contributed by atoms with Gasteiger partial charge in [0.05, 0.1) is 11.8 Å². The highest BCUT2D eigenvalue weighted by Crippen LogP contribution is 2.29. The molecule has 1 aliphatic heterocycles. The van der Waals surface area contributed by atoms with E-state index < -0.39 is 0 Å². The lowest BCUT2D eigenvalue weighted by molar-refractivity contribution is -0.117. The van der Waals surface area contributed by atoms with Crippen LogP contribution in [0, 0.1) is 6.92 Å². The predicted octanol–water partition coefficient (Wildman–Crippen LogP) is 5.70. The molecule has 1 aliphatic rings. The van der Waals surface area contributed by atoms with Gasteiger partial charge < -0.3 is 14.6 Å². The summed E-state index contributed by atoms with van der Waals surface area (Å²) in [6.45, 7) is 2.73. The van der Waals surface area contributed by atoms with E-state index in [1.165, 1.54) is 5.56 Å². The Morgan fingerprint density at radius 1 is 1.03 bits per heavy atom. The molecule has 33 heavy (non-hydrogen) atoms. The largest absolute Gasteiger partial charge is 0.436 e. The van der Waals surface area contributed by atoms with Crippen molar-refractivity contribution in [2.45, 2.75) is 19.8 Å². The molecule has 0 atom stereocenters. The molecule has 1 fully saturated rings. The van der Waals surface area contributed by atoms with Crippen molar-refractivity contribution in [1.82, 2.24) is 4.98 Å². The summed E-state index contributed by atoms with van der Waals surface area (Å²) in [6.07, 6.45) is 3.08. The van der Waals surface area contributed by atoms with Gasteiger partial charge in [-0.3, -0.25) is 9.59 Å². The first-order chi connectivity index (χ1) is 16.1. The third-order valence-corrected chi connectivity index (χ3v) is 5.73. The van der Waals surface area contributed by atoms with Crippen molar-refractivity contribution in [3.05, 3.63) is 90.1 Å². The molecule has 1 saturated heterocycles. The van der Waals surface area contributed by atoms with E-state index in [4.69, 9.17) is 4.42 Å². The summed E-state index contributed by atoms with van der Waals surface area (Å²) in [5.41, 5.74) is 4.57. The van der Waals surface area contributed by atoms with Gasteiger partial charge in [-0.25, -0.2) is 4.98 Å². The van der Waals surface area contributed by atoms with Crippen molar-refractivity contribution in [1.29, 1.82) is 0 Å². The molecule has 0 radical (unpaired) electrons. The van der Waals surface area contributed by atoms with Crippen LogP contribution in [0.1, 0.15) is 28.8 Å². The summed E-state index contributed by atoms with van der Waals surface area (Å²) in [5, 5.41) is 2.95. The zero-order valence-corrected chi connectivity index (χ0v) is 18.2. The number of carbonyl (C=O) groups is 2. The van der Waals surface area contributed by atoms with Crippen LogP contribution in [-0.4, -0.2) is 23.3 Å². The van der Waals surface area contributed by atoms with Gasteiger partial charge >= 0.3 is 0 Å². The monoisotopic (exact) mass is 437 g/mol. The fourth-order valence-electron chi connectivity index (χ4n) is 3.99. The lowest BCUT2D eigenvalue weighted by Gasteiger charge is -2.17. The summed E-state index contributed by atoms with van der Waals surface area (Å²) >= 11 is 0. The molecule has 4 aromatic rings. The van der Waals surface area contributed by atoms with Crippen LogP contribution in [0.4, 0.5) is 11.4 Å². The molecular formula is C27H23N3O3. The van der Waals surface area contributed by atoms with Crippen LogP contribution >= 0.6 is 0 Å². The van der Waals surface area contributed by atoms with Crippen molar-refractivity contribution < 1.29 is 14.0 Å². The molecule has 0 unspecified atom stereocenters. The molecule has 5 rings (SSSR count). The number of oxazole rings is 1. The highest BCUT2D eigenvalue weighted by Gasteiger charge is 2.22. The van der Waals surface area contributed by atoms with Crippen LogP contribution in [-0.2, 0) is 4.79 Å². The number of hydrogen-bond acceptors (Lipinski definition) is 4. The molecule has 0 bridgehead atoms. The number of rotatable bonds is 5. The SMILES string of the molecule is Cc1ccc(-c2cnc(-c3ccccc3C(=O)Nc3cccc(N4CCCC4=O)c3)o2)cc1. The van der Waals surface area contributed by atoms with Crippen molar-refractivity contribution in [2.24, 2.45) is 0 Å². The number of benzene rings is 3. The number of carbonyl (C=O) groups excluding carboxylic acids is 2. The van der Waals surface area contributed by atoms with Gasteiger partial charge in [0, 0.05) is 35.5 Å². The maximum Gasteiger partial charge on any atom is 0.256 e.